The number of halogens is 2. The molecule has 0 saturated carbocycles. The third kappa shape index (κ3) is 4.47. The number of hydrogen-bond donors (Lipinski definition) is 2. The van der Waals surface area contributed by atoms with Crippen LogP contribution in [0.25, 0.3) is 0 Å². The van der Waals surface area contributed by atoms with E-state index in [4.69, 9.17) is 5.73 Å². The lowest BCUT2D eigenvalue weighted by molar-refractivity contribution is 0.187. The number of nitrogens with one attached hydrogen (secondary N) is 1. The van der Waals surface area contributed by atoms with E-state index in [1.807, 2.05) is 0 Å². The smallest absolute Gasteiger partial charge is 0.411 e. The Bertz CT molecular complexity index is 764. The molecule has 7 heteroatoms. The number of hydrogen-bond acceptors (Lipinski definition) is 4. The van der Waals surface area contributed by atoms with E-state index in [1.54, 1.807) is 23.1 Å². The molecule has 0 aliphatic heterocycles. The molecule has 0 heterocycles. The molecule has 0 aliphatic rings. The summed E-state index contributed by atoms with van der Waals surface area (Å²) in [5.74, 6) is -1.01. The third-order valence-corrected chi connectivity index (χ3v) is 3.56. The number of benzene rings is 2. The van der Waals surface area contributed by atoms with Crippen molar-refractivity contribution in [1.82, 2.24) is 0 Å². The van der Waals surface area contributed by atoms with Crippen LogP contribution in [0.1, 0.15) is 5.56 Å². The minimum absolute atomic E-state index is 0.119. The lowest BCUT2D eigenvalue weighted by Crippen LogP contribution is -2.24. The normalized spacial score (nSPS) is 10.2. The number of nitrogens with zero attached hydrogens (tertiary/aromatic N) is 1. The number of rotatable bonds is 6. The fourth-order valence-corrected chi connectivity index (χ4v) is 2.31. The molecule has 0 bridgehead atoms. The Morgan fingerprint density at radius 2 is 1.96 bits per heavy atom. The van der Waals surface area contributed by atoms with Crippen molar-refractivity contribution < 1.29 is 18.3 Å². The first-order valence-corrected chi connectivity index (χ1v) is 7.49. The Hall–Kier alpha value is -3.09. The quantitative estimate of drug-likeness (QED) is 0.614. The van der Waals surface area contributed by atoms with Gasteiger partial charge in [0.05, 0.1) is 24.2 Å². The molecule has 0 fully saturated rings. The maximum atomic E-state index is 14.7. The summed E-state index contributed by atoms with van der Waals surface area (Å²) in [6, 6.07) is 8.93. The zero-order valence-electron chi connectivity index (χ0n) is 13.8. The Labute approximate surface area is 144 Å². The molecular formula is C18H19F2N3O2. The predicted octanol–water partition coefficient (Wildman–Crippen LogP) is 3.92. The third-order valence-electron chi connectivity index (χ3n) is 3.56. The van der Waals surface area contributed by atoms with Gasteiger partial charge in [-0.15, -0.1) is 6.58 Å². The second-order valence-electron chi connectivity index (χ2n) is 5.27. The summed E-state index contributed by atoms with van der Waals surface area (Å²) in [4.78, 5) is 13.0. The van der Waals surface area contributed by atoms with Gasteiger partial charge in [0.2, 0.25) is 0 Å². The van der Waals surface area contributed by atoms with Crippen LogP contribution in [0.2, 0.25) is 0 Å². The van der Waals surface area contributed by atoms with Crippen LogP contribution in [0.15, 0.2) is 49.1 Å². The molecule has 25 heavy (non-hydrogen) atoms. The molecule has 2 aromatic rings. The van der Waals surface area contributed by atoms with E-state index in [-0.39, 0.29) is 22.9 Å². The molecule has 3 N–H and O–H groups in total. The highest BCUT2D eigenvalue weighted by Crippen LogP contribution is 2.31. The van der Waals surface area contributed by atoms with E-state index in [1.165, 1.54) is 31.4 Å². The van der Waals surface area contributed by atoms with E-state index in [9.17, 15) is 13.6 Å². The fraction of sp³-hybridized carbons (Fsp3) is 0.167. The van der Waals surface area contributed by atoms with Crippen molar-refractivity contribution in [3.63, 3.8) is 0 Å². The minimum atomic E-state index is -0.742. The number of ether oxygens (including phenoxy) is 1. The summed E-state index contributed by atoms with van der Waals surface area (Å²) in [5, 5.41) is 2.35. The van der Waals surface area contributed by atoms with E-state index >= 15 is 0 Å². The second-order valence-corrected chi connectivity index (χ2v) is 5.27. The van der Waals surface area contributed by atoms with Gasteiger partial charge in [-0.3, -0.25) is 5.32 Å². The van der Waals surface area contributed by atoms with Crippen molar-refractivity contribution in [2.45, 2.75) is 6.54 Å². The molecule has 0 atom stereocenters. The summed E-state index contributed by atoms with van der Waals surface area (Å²) in [7, 11) is 1.20. The van der Waals surface area contributed by atoms with Gasteiger partial charge in [0.1, 0.15) is 5.82 Å². The first-order valence-electron chi connectivity index (χ1n) is 7.49. The SMILES string of the molecule is C=CCN(Cc1ccc(F)cc1)c1ccc(NC(=O)OC)c(N)c1F. The summed E-state index contributed by atoms with van der Waals surface area (Å²) < 4.78 is 32.2. The maximum Gasteiger partial charge on any atom is 0.411 e. The molecule has 0 aromatic heterocycles. The molecule has 0 saturated heterocycles. The standard InChI is InChI=1S/C18H19F2N3O2/c1-3-10-23(11-12-4-6-13(19)7-5-12)15-9-8-14(17(21)16(15)20)22-18(24)25-2/h3-9H,1,10-11,21H2,2H3,(H,22,24). The van der Waals surface area contributed by atoms with Crippen LogP contribution in [-0.4, -0.2) is 19.7 Å². The molecule has 2 rings (SSSR count). The summed E-state index contributed by atoms with van der Waals surface area (Å²) in [5.41, 5.74) is 6.76. The van der Waals surface area contributed by atoms with Crippen molar-refractivity contribution in [3.05, 3.63) is 66.3 Å². The zero-order chi connectivity index (χ0) is 18.4. The van der Waals surface area contributed by atoms with Crippen molar-refractivity contribution in [2.24, 2.45) is 0 Å². The van der Waals surface area contributed by atoms with Gasteiger partial charge in [0.25, 0.3) is 0 Å². The van der Waals surface area contributed by atoms with Crippen molar-refractivity contribution in [2.75, 3.05) is 29.6 Å². The summed E-state index contributed by atoms with van der Waals surface area (Å²) in [6.45, 7) is 4.37. The monoisotopic (exact) mass is 347 g/mol. The van der Waals surface area contributed by atoms with Crippen LogP contribution in [-0.2, 0) is 11.3 Å². The van der Waals surface area contributed by atoms with Gasteiger partial charge in [-0.25, -0.2) is 13.6 Å². The maximum absolute atomic E-state index is 14.7. The Balaban J connectivity index is 2.31. The van der Waals surface area contributed by atoms with E-state index in [0.29, 0.717) is 13.1 Å². The number of carbonyl (C=O) groups is 1. The van der Waals surface area contributed by atoms with Gasteiger partial charge >= 0.3 is 6.09 Å². The summed E-state index contributed by atoms with van der Waals surface area (Å²) >= 11 is 0. The highest BCUT2D eigenvalue weighted by Gasteiger charge is 2.17. The summed E-state index contributed by atoms with van der Waals surface area (Å²) in [6.07, 6.45) is 0.882. The average Bonchev–Trinajstić information content (AvgIpc) is 2.60. The molecule has 132 valence electrons. The topological polar surface area (TPSA) is 67.6 Å². The molecule has 5 nitrogen and oxygen atoms in total. The number of methoxy groups -OCH3 is 1. The Kier molecular flexibility index (Phi) is 5.94. The lowest BCUT2D eigenvalue weighted by atomic mass is 10.1. The van der Waals surface area contributed by atoms with Gasteiger partial charge in [-0.05, 0) is 29.8 Å². The van der Waals surface area contributed by atoms with Crippen molar-refractivity contribution >= 4 is 23.2 Å². The molecule has 0 spiro atoms. The molecule has 0 radical (unpaired) electrons. The molecule has 2 aromatic carbocycles. The predicted molar refractivity (Wildman–Crippen MR) is 94.5 cm³/mol. The van der Waals surface area contributed by atoms with Crippen molar-refractivity contribution in [1.29, 1.82) is 0 Å². The first kappa shape index (κ1) is 18.3. The van der Waals surface area contributed by atoms with Crippen LogP contribution in [0.3, 0.4) is 0 Å². The fourth-order valence-electron chi connectivity index (χ4n) is 2.31. The number of carbonyl (C=O) groups excluding carboxylic acids is 1. The number of nitrogens with two attached hydrogens (primary N) is 1. The molecule has 1 amide bonds. The van der Waals surface area contributed by atoms with Gasteiger partial charge in [0.15, 0.2) is 5.82 Å². The van der Waals surface area contributed by atoms with Gasteiger partial charge < -0.3 is 15.4 Å². The van der Waals surface area contributed by atoms with Crippen LogP contribution in [0.4, 0.5) is 30.6 Å². The lowest BCUT2D eigenvalue weighted by Gasteiger charge is -2.25. The molecule has 0 unspecified atom stereocenters. The highest BCUT2D eigenvalue weighted by molar-refractivity contribution is 5.90. The number of amides is 1. The number of anilines is 3. The Morgan fingerprint density at radius 1 is 1.28 bits per heavy atom. The van der Waals surface area contributed by atoms with Gasteiger partial charge in [-0.2, -0.15) is 0 Å². The minimum Gasteiger partial charge on any atom is -0.453 e. The highest BCUT2D eigenvalue weighted by atomic mass is 19.1. The van der Waals surface area contributed by atoms with Gasteiger partial charge in [0, 0.05) is 13.1 Å². The number of nitrogen functional groups attached to an aromatic ring is 1. The van der Waals surface area contributed by atoms with Crippen LogP contribution in [0.5, 0.6) is 0 Å². The Morgan fingerprint density at radius 3 is 2.56 bits per heavy atom. The zero-order valence-corrected chi connectivity index (χ0v) is 13.8. The largest absolute Gasteiger partial charge is 0.453 e. The van der Waals surface area contributed by atoms with E-state index < -0.39 is 11.9 Å². The van der Waals surface area contributed by atoms with E-state index in [2.05, 4.69) is 16.6 Å². The van der Waals surface area contributed by atoms with Crippen LogP contribution in [0, 0.1) is 11.6 Å². The van der Waals surface area contributed by atoms with Crippen LogP contribution < -0.4 is 16.0 Å². The van der Waals surface area contributed by atoms with Gasteiger partial charge in [-0.1, -0.05) is 18.2 Å². The first-order chi connectivity index (χ1) is 12.0. The van der Waals surface area contributed by atoms with E-state index in [0.717, 1.165) is 5.56 Å². The average molecular weight is 347 g/mol. The van der Waals surface area contributed by atoms with Crippen molar-refractivity contribution in [3.8, 4) is 0 Å². The molecular weight excluding hydrogens is 328 g/mol. The van der Waals surface area contributed by atoms with Crippen LogP contribution >= 0.6 is 0 Å². The second kappa shape index (κ2) is 8.14. The molecule has 0 aliphatic carbocycles.